The van der Waals surface area contributed by atoms with Gasteiger partial charge in [-0.25, -0.2) is 0 Å². The van der Waals surface area contributed by atoms with Crippen molar-refractivity contribution in [3.05, 3.63) is 112 Å². The summed E-state index contributed by atoms with van der Waals surface area (Å²) in [6.45, 7) is 5.75. The van der Waals surface area contributed by atoms with Crippen LogP contribution in [0.2, 0.25) is 5.02 Å². The molecule has 3 heterocycles. The van der Waals surface area contributed by atoms with Gasteiger partial charge in [-0.05, 0) is 79.3 Å². The zero-order valence-electron chi connectivity index (χ0n) is 29.7. The number of carboxylic acid groups (broad SMARTS) is 1. The van der Waals surface area contributed by atoms with Gasteiger partial charge in [-0.3, -0.25) is 15.1 Å². The van der Waals surface area contributed by atoms with Gasteiger partial charge in [0.05, 0.1) is 23.3 Å². The maximum atomic E-state index is 11.5. The number of hydrogen-bond donors (Lipinski definition) is 4. The van der Waals surface area contributed by atoms with Crippen LogP contribution < -0.4 is 14.8 Å². The third-order valence-corrected chi connectivity index (χ3v) is 10.1. The van der Waals surface area contributed by atoms with Crippen LogP contribution in [0.15, 0.2) is 79.3 Å². The molecule has 6 rings (SSSR count). The topological polar surface area (TPSA) is 153 Å². The van der Waals surface area contributed by atoms with Gasteiger partial charge < -0.3 is 34.3 Å². The minimum Gasteiger partial charge on any atom is -0.488 e. The van der Waals surface area contributed by atoms with E-state index >= 15 is 0 Å². The molecule has 0 radical (unpaired) electrons. The van der Waals surface area contributed by atoms with E-state index in [1.54, 1.807) is 24.4 Å². The van der Waals surface area contributed by atoms with Gasteiger partial charge >= 0.3 is 5.97 Å². The van der Waals surface area contributed by atoms with Crippen LogP contribution in [0.4, 0.5) is 0 Å². The van der Waals surface area contributed by atoms with Crippen LogP contribution >= 0.6 is 11.6 Å². The molecule has 11 nitrogen and oxygen atoms in total. The van der Waals surface area contributed by atoms with Crippen molar-refractivity contribution in [3.63, 3.8) is 0 Å². The second-order valence-electron chi connectivity index (χ2n) is 13.4. The zero-order chi connectivity index (χ0) is 37.3. The Bertz CT molecular complexity index is 2090. The van der Waals surface area contributed by atoms with E-state index in [2.05, 4.69) is 69.3 Å². The van der Waals surface area contributed by atoms with Crippen molar-refractivity contribution < 1.29 is 29.6 Å². The monoisotopic (exact) mass is 737 g/mol. The second-order valence-corrected chi connectivity index (χ2v) is 13.8. The van der Waals surface area contributed by atoms with Gasteiger partial charge in [0.1, 0.15) is 36.8 Å². The number of carbonyl (C=O) groups is 1. The largest absolute Gasteiger partial charge is 0.488 e. The number of aryl methyl sites for hydroxylation is 1. The molecule has 1 saturated heterocycles. The highest BCUT2D eigenvalue weighted by atomic mass is 35.5. The fourth-order valence-electron chi connectivity index (χ4n) is 6.76. The van der Waals surface area contributed by atoms with Crippen molar-refractivity contribution >= 4 is 28.5 Å². The molecule has 5 aromatic rings. The van der Waals surface area contributed by atoms with Crippen molar-refractivity contribution in [1.29, 1.82) is 5.26 Å². The lowest BCUT2D eigenvalue weighted by molar-refractivity contribution is -0.140. The molecule has 4 N–H and O–H groups in total. The van der Waals surface area contributed by atoms with Gasteiger partial charge in [0.15, 0.2) is 0 Å². The van der Waals surface area contributed by atoms with Gasteiger partial charge in [0, 0.05) is 72.9 Å². The fourth-order valence-corrected chi connectivity index (χ4v) is 7.00. The lowest BCUT2D eigenvalue weighted by Crippen LogP contribution is -2.39. The molecule has 2 aromatic heterocycles. The number of hydrogen-bond acceptors (Lipinski definition) is 9. The molecular formula is C41H44ClN5O6. The first kappa shape index (κ1) is 37.8. The first-order chi connectivity index (χ1) is 25.7. The number of aromatic nitrogens is 2. The van der Waals surface area contributed by atoms with Gasteiger partial charge in [-0.2, -0.15) is 5.26 Å². The van der Waals surface area contributed by atoms with Crippen molar-refractivity contribution in [2.24, 2.45) is 0 Å². The van der Waals surface area contributed by atoms with Crippen LogP contribution in [0.25, 0.3) is 22.0 Å². The number of ether oxygens (including phenoxy) is 2. The molecule has 276 valence electrons. The third-order valence-electron chi connectivity index (χ3n) is 9.82. The van der Waals surface area contributed by atoms with E-state index in [1.807, 2.05) is 12.1 Å². The van der Waals surface area contributed by atoms with Crippen LogP contribution in [0, 0.1) is 18.3 Å². The average molecular weight is 738 g/mol. The molecule has 1 atom stereocenters. The number of aliphatic hydroxyl groups is 2. The van der Waals surface area contributed by atoms with E-state index in [-0.39, 0.29) is 25.9 Å². The molecule has 1 aliphatic heterocycles. The summed E-state index contributed by atoms with van der Waals surface area (Å²) in [5, 5.41) is 42.3. The van der Waals surface area contributed by atoms with Crippen molar-refractivity contribution in [1.82, 2.24) is 19.8 Å². The lowest BCUT2D eigenvalue weighted by Gasteiger charge is -2.29. The molecule has 0 saturated carbocycles. The predicted molar refractivity (Wildman–Crippen MR) is 203 cm³/mol. The van der Waals surface area contributed by atoms with Gasteiger partial charge in [0.25, 0.3) is 0 Å². The highest BCUT2D eigenvalue weighted by molar-refractivity contribution is 6.32. The minimum atomic E-state index is -1.18. The summed E-state index contributed by atoms with van der Waals surface area (Å²) in [5.74, 6) is -0.397. The van der Waals surface area contributed by atoms with Crippen molar-refractivity contribution in [2.75, 3.05) is 26.2 Å². The molecule has 1 fully saturated rings. The molecule has 1 unspecified atom stereocenters. The quantitative estimate of drug-likeness (QED) is 0.0938. The first-order valence-electron chi connectivity index (χ1n) is 17.8. The van der Waals surface area contributed by atoms with Gasteiger partial charge in [-0.1, -0.05) is 41.9 Å². The fraction of sp³-hybridized carbons (Fsp3) is 0.341. The van der Waals surface area contributed by atoms with Crippen LogP contribution in [-0.4, -0.2) is 74.1 Å². The normalized spacial score (nSPS) is 14.2. The Morgan fingerprint density at radius 2 is 1.79 bits per heavy atom. The van der Waals surface area contributed by atoms with E-state index in [0.717, 1.165) is 67.7 Å². The summed E-state index contributed by atoms with van der Waals surface area (Å²) in [4.78, 5) is 18.0. The maximum absolute atomic E-state index is 11.5. The Morgan fingerprint density at radius 3 is 2.57 bits per heavy atom. The van der Waals surface area contributed by atoms with Crippen molar-refractivity contribution in [2.45, 2.75) is 64.6 Å². The number of benzene rings is 3. The Labute approximate surface area is 314 Å². The predicted octanol–water partition coefficient (Wildman–Crippen LogP) is 6.08. The Hall–Kier alpha value is -4.96. The molecule has 53 heavy (non-hydrogen) atoms. The van der Waals surface area contributed by atoms with Crippen molar-refractivity contribution in [3.8, 4) is 28.7 Å². The number of nitrogens with zero attached hydrogens (tertiary/aromatic N) is 4. The summed E-state index contributed by atoms with van der Waals surface area (Å²) in [5.41, 5.74) is 7.17. The summed E-state index contributed by atoms with van der Waals surface area (Å²) in [7, 11) is 0. The number of piperidine rings is 1. The Kier molecular flexibility index (Phi) is 12.6. The smallest absolute Gasteiger partial charge is 0.323 e. The summed E-state index contributed by atoms with van der Waals surface area (Å²) in [6.07, 6.45) is 7.83. The van der Waals surface area contributed by atoms with E-state index in [9.17, 15) is 25.4 Å². The summed E-state index contributed by atoms with van der Waals surface area (Å²) >= 11 is 6.72. The number of halogens is 1. The van der Waals surface area contributed by atoms with E-state index in [0.29, 0.717) is 33.2 Å². The number of likely N-dealkylation sites (tertiary alicyclic amines) is 1. The standard InChI is InChI=1S/C41H44ClN5O6/c1-27-30(5-2-6-33(27)34-7-3-8-38-35(34)11-16-47(38)13-4-12-46-14-9-32(49)10-15-46)26-53-40-19-39(52-25-29-17-28(20-43)21-44-22-29)31(18-36(40)42)23-45-37(24-48)41(50)51/h2-3,5-8,11,16-19,21-22,32,37,45,48-49H,4,9-10,12-15,23-26H2,1H3,(H,50,51). The molecule has 0 spiro atoms. The SMILES string of the molecule is Cc1c(COc2cc(OCc3cncc(C#N)c3)c(CNC(CO)C(=O)O)cc2Cl)cccc1-c1cccc2c1ccn2CCCN1CCC(O)CC1. The van der Waals surface area contributed by atoms with Crippen LogP contribution in [0.5, 0.6) is 11.5 Å². The Morgan fingerprint density at radius 1 is 1.02 bits per heavy atom. The van der Waals surface area contributed by atoms with Crippen LogP contribution in [-0.2, 0) is 31.1 Å². The summed E-state index contributed by atoms with van der Waals surface area (Å²) < 4.78 is 14.8. The molecule has 12 heteroatoms. The number of fused-ring (bicyclic) bond motifs is 1. The van der Waals surface area contributed by atoms with E-state index < -0.39 is 18.6 Å². The zero-order valence-corrected chi connectivity index (χ0v) is 30.4. The number of aliphatic hydroxyl groups excluding tert-OH is 2. The number of nitrogens with one attached hydrogen (secondary N) is 1. The Balaban J connectivity index is 1.19. The highest BCUT2D eigenvalue weighted by Gasteiger charge is 2.20. The van der Waals surface area contributed by atoms with Gasteiger partial charge in [-0.15, -0.1) is 0 Å². The van der Waals surface area contributed by atoms with E-state index in [4.69, 9.17) is 21.1 Å². The first-order valence-corrected chi connectivity index (χ1v) is 18.2. The minimum absolute atomic E-state index is 0.0568. The average Bonchev–Trinajstić information content (AvgIpc) is 3.58. The molecule has 3 aromatic carbocycles. The number of nitriles is 1. The molecule has 0 aliphatic carbocycles. The molecular weight excluding hydrogens is 694 g/mol. The highest BCUT2D eigenvalue weighted by Crippen LogP contribution is 2.36. The molecule has 0 bridgehead atoms. The molecule has 0 amide bonds. The van der Waals surface area contributed by atoms with Crippen LogP contribution in [0.1, 0.15) is 47.1 Å². The second kappa shape index (κ2) is 17.7. The summed E-state index contributed by atoms with van der Waals surface area (Å²) in [6, 6.07) is 20.7. The van der Waals surface area contributed by atoms with E-state index in [1.165, 1.54) is 17.1 Å². The maximum Gasteiger partial charge on any atom is 0.323 e. The van der Waals surface area contributed by atoms with Gasteiger partial charge in [0.2, 0.25) is 0 Å². The molecule has 1 aliphatic rings. The number of aliphatic carboxylic acids is 1. The number of pyridine rings is 1. The third kappa shape index (κ3) is 9.35. The van der Waals surface area contributed by atoms with Crippen LogP contribution in [0.3, 0.4) is 0 Å². The number of carboxylic acids is 1. The lowest BCUT2D eigenvalue weighted by atomic mass is 9.94. The number of rotatable bonds is 16.